The molecule has 18 heavy (non-hydrogen) atoms. The zero-order valence-electron chi connectivity index (χ0n) is 10.4. The van der Waals surface area contributed by atoms with Crippen molar-refractivity contribution >= 4 is 5.91 Å². The zero-order chi connectivity index (χ0) is 13.0. The van der Waals surface area contributed by atoms with E-state index in [2.05, 4.69) is 5.32 Å². The number of halogens is 1. The van der Waals surface area contributed by atoms with Crippen LogP contribution < -0.4 is 11.1 Å². The third-order valence-electron chi connectivity index (χ3n) is 3.54. The highest BCUT2D eigenvalue weighted by Gasteiger charge is 2.27. The van der Waals surface area contributed by atoms with Gasteiger partial charge in [-0.25, -0.2) is 4.39 Å². The molecule has 1 saturated heterocycles. The first-order valence-corrected chi connectivity index (χ1v) is 6.44. The molecule has 0 spiro atoms. The molecule has 0 radical (unpaired) electrons. The van der Waals surface area contributed by atoms with Crippen LogP contribution in [0.2, 0.25) is 0 Å². The second-order valence-corrected chi connectivity index (χ2v) is 4.90. The van der Waals surface area contributed by atoms with Crippen molar-refractivity contribution in [3.63, 3.8) is 0 Å². The van der Waals surface area contributed by atoms with Crippen LogP contribution in [0.4, 0.5) is 4.39 Å². The lowest BCUT2D eigenvalue weighted by Crippen LogP contribution is -2.46. The quantitative estimate of drug-likeness (QED) is 0.853. The summed E-state index contributed by atoms with van der Waals surface area (Å²) in [5.74, 6) is -0.835. The van der Waals surface area contributed by atoms with Gasteiger partial charge < -0.3 is 11.1 Å². The minimum atomic E-state index is -0.307. The number of primary amides is 1. The molecule has 1 aromatic carbocycles. The molecule has 2 atom stereocenters. The zero-order valence-corrected chi connectivity index (χ0v) is 10.4. The monoisotopic (exact) mass is 250 g/mol. The van der Waals surface area contributed by atoms with Gasteiger partial charge in [-0.3, -0.25) is 4.79 Å². The lowest BCUT2D eigenvalue weighted by molar-refractivity contribution is -0.122. The molecule has 1 aliphatic heterocycles. The van der Waals surface area contributed by atoms with Gasteiger partial charge >= 0.3 is 0 Å². The smallest absolute Gasteiger partial charge is 0.222 e. The molecule has 2 rings (SSSR count). The number of rotatable bonds is 4. The third kappa shape index (κ3) is 3.29. The lowest BCUT2D eigenvalue weighted by atomic mass is 9.86. The molecule has 0 bridgehead atoms. The predicted octanol–water partition coefficient (Wildman–Crippen LogP) is 1.61. The summed E-state index contributed by atoms with van der Waals surface area (Å²) in [7, 11) is 0. The fourth-order valence-electron chi connectivity index (χ4n) is 2.58. The molecule has 1 heterocycles. The summed E-state index contributed by atoms with van der Waals surface area (Å²) < 4.78 is 13.1. The molecule has 1 amide bonds. The number of nitrogens with one attached hydrogen (secondary N) is 1. The summed E-state index contributed by atoms with van der Waals surface area (Å²) in [5, 5.41) is 3.34. The SMILES string of the molecule is NC(=O)C(Cc1cccc(F)c1)C1CCCCN1. The normalized spacial score (nSPS) is 21.5. The van der Waals surface area contributed by atoms with E-state index in [1.54, 1.807) is 6.07 Å². The van der Waals surface area contributed by atoms with Gasteiger partial charge in [0, 0.05) is 6.04 Å². The highest BCUT2D eigenvalue weighted by atomic mass is 19.1. The molecule has 0 aromatic heterocycles. The third-order valence-corrected chi connectivity index (χ3v) is 3.54. The number of piperidine rings is 1. The molecule has 2 unspecified atom stereocenters. The largest absolute Gasteiger partial charge is 0.369 e. The Kier molecular flexibility index (Phi) is 4.31. The van der Waals surface area contributed by atoms with E-state index in [1.807, 2.05) is 6.07 Å². The Morgan fingerprint density at radius 3 is 2.94 bits per heavy atom. The summed E-state index contributed by atoms with van der Waals surface area (Å²) >= 11 is 0. The average Bonchev–Trinajstić information content (AvgIpc) is 2.37. The van der Waals surface area contributed by atoms with Gasteiger partial charge in [-0.05, 0) is 43.5 Å². The van der Waals surface area contributed by atoms with Crippen molar-refractivity contribution in [3.05, 3.63) is 35.6 Å². The summed E-state index contributed by atoms with van der Waals surface area (Å²) in [6.07, 6.45) is 3.72. The number of nitrogens with two attached hydrogens (primary N) is 1. The Labute approximate surface area is 107 Å². The van der Waals surface area contributed by atoms with Gasteiger partial charge in [-0.15, -0.1) is 0 Å². The first-order valence-electron chi connectivity index (χ1n) is 6.44. The molecule has 1 fully saturated rings. The highest BCUT2D eigenvalue weighted by Crippen LogP contribution is 2.20. The van der Waals surface area contributed by atoms with E-state index in [-0.39, 0.29) is 23.7 Å². The van der Waals surface area contributed by atoms with Crippen LogP contribution in [0.1, 0.15) is 24.8 Å². The van der Waals surface area contributed by atoms with E-state index in [0.29, 0.717) is 6.42 Å². The molecular formula is C14H19FN2O. The Morgan fingerprint density at radius 1 is 1.50 bits per heavy atom. The second kappa shape index (κ2) is 5.96. The van der Waals surface area contributed by atoms with E-state index >= 15 is 0 Å². The number of carbonyl (C=O) groups is 1. The van der Waals surface area contributed by atoms with Crippen LogP contribution in [0.3, 0.4) is 0 Å². The first kappa shape index (κ1) is 13.0. The van der Waals surface area contributed by atoms with Crippen molar-refractivity contribution in [2.75, 3.05) is 6.54 Å². The Morgan fingerprint density at radius 2 is 2.33 bits per heavy atom. The summed E-state index contributed by atoms with van der Waals surface area (Å²) in [6, 6.07) is 6.50. The Hall–Kier alpha value is -1.42. The van der Waals surface area contributed by atoms with E-state index in [4.69, 9.17) is 5.73 Å². The highest BCUT2D eigenvalue weighted by molar-refractivity contribution is 5.77. The maximum atomic E-state index is 13.1. The minimum absolute atomic E-state index is 0.125. The van der Waals surface area contributed by atoms with E-state index in [9.17, 15) is 9.18 Å². The van der Waals surface area contributed by atoms with Crippen LogP contribution in [0, 0.1) is 11.7 Å². The van der Waals surface area contributed by atoms with Crippen molar-refractivity contribution in [2.45, 2.75) is 31.7 Å². The van der Waals surface area contributed by atoms with Gasteiger partial charge in [-0.1, -0.05) is 18.6 Å². The van der Waals surface area contributed by atoms with Gasteiger partial charge in [0.25, 0.3) is 0 Å². The van der Waals surface area contributed by atoms with Gasteiger partial charge in [0.2, 0.25) is 5.91 Å². The Balaban J connectivity index is 2.08. The summed E-state index contributed by atoms with van der Waals surface area (Å²) in [4.78, 5) is 11.6. The Bertz CT molecular complexity index is 416. The second-order valence-electron chi connectivity index (χ2n) is 4.90. The standard InChI is InChI=1S/C14H19FN2O/c15-11-5-3-4-10(8-11)9-12(14(16)18)13-6-1-2-7-17-13/h3-5,8,12-13,17H,1-2,6-7,9H2,(H2,16,18). The van der Waals surface area contributed by atoms with Crippen molar-refractivity contribution in [3.8, 4) is 0 Å². The molecule has 3 nitrogen and oxygen atoms in total. The van der Waals surface area contributed by atoms with Crippen molar-refractivity contribution in [1.29, 1.82) is 0 Å². The number of hydrogen-bond acceptors (Lipinski definition) is 2. The van der Waals surface area contributed by atoms with Crippen molar-refractivity contribution in [1.82, 2.24) is 5.32 Å². The van der Waals surface area contributed by atoms with Crippen molar-refractivity contribution < 1.29 is 9.18 Å². The van der Waals surface area contributed by atoms with Crippen molar-refractivity contribution in [2.24, 2.45) is 11.7 Å². The maximum Gasteiger partial charge on any atom is 0.222 e. The van der Waals surface area contributed by atoms with E-state index in [1.165, 1.54) is 12.1 Å². The lowest BCUT2D eigenvalue weighted by Gasteiger charge is -2.29. The van der Waals surface area contributed by atoms with Crippen LogP contribution in [0.25, 0.3) is 0 Å². The van der Waals surface area contributed by atoms with Crippen LogP contribution in [0.5, 0.6) is 0 Å². The van der Waals surface area contributed by atoms with Crippen LogP contribution in [-0.4, -0.2) is 18.5 Å². The fraction of sp³-hybridized carbons (Fsp3) is 0.500. The van der Waals surface area contributed by atoms with E-state index in [0.717, 1.165) is 31.4 Å². The summed E-state index contributed by atoms with van der Waals surface area (Å²) in [6.45, 7) is 0.928. The molecule has 3 N–H and O–H groups in total. The topological polar surface area (TPSA) is 55.1 Å². The first-order chi connectivity index (χ1) is 8.66. The van der Waals surface area contributed by atoms with E-state index < -0.39 is 0 Å². The summed E-state index contributed by atoms with van der Waals surface area (Å²) in [5.41, 5.74) is 6.31. The number of carbonyl (C=O) groups excluding carboxylic acids is 1. The van der Waals surface area contributed by atoms with Crippen LogP contribution >= 0.6 is 0 Å². The van der Waals surface area contributed by atoms with Gasteiger partial charge in [0.05, 0.1) is 5.92 Å². The maximum absolute atomic E-state index is 13.1. The number of amides is 1. The average molecular weight is 250 g/mol. The molecule has 1 aromatic rings. The molecular weight excluding hydrogens is 231 g/mol. The predicted molar refractivity (Wildman–Crippen MR) is 68.4 cm³/mol. The van der Waals surface area contributed by atoms with Gasteiger partial charge in [0.15, 0.2) is 0 Å². The number of benzene rings is 1. The minimum Gasteiger partial charge on any atom is -0.369 e. The van der Waals surface area contributed by atoms with Crippen LogP contribution in [-0.2, 0) is 11.2 Å². The van der Waals surface area contributed by atoms with Crippen LogP contribution in [0.15, 0.2) is 24.3 Å². The molecule has 0 aliphatic carbocycles. The van der Waals surface area contributed by atoms with Gasteiger partial charge in [-0.2, -0.15) is 0 Å². The number of hydrogen-bond donors (Lipinski definition) is 2. The fourth-order valence-corrected chi connectivity index (χ4v) is 2.58. The van der Waals surface area contributed by atoms with Gasteiger partial charge in [0.1, 0.15) is 5.82 Å². The molecule has 0 saturated carbocycles. The molecule has 1 aliphatic rings. The molecule has 98 valence electrons. The molecule has 4 heteroatoms.